The maximum atomic E-state index is 6.34. The van der Waals surface area contributed by atoms with Crippen molar-refractivity contribution in [3.8, 4) is 0 Å². The van der Waals surface area contributed by atoms with Crippen molar-refractivity contribution in [2.45, 2.75) is 70.6 Å². The van der Waals surface area contributed by atoms with Crippen LogP contribution in [0.15, 0.2) is 0 Å². The number of hydrogen-bond donors (Lipinski definition) is 1. The number of rotatable bonds is 5. The number of ether oxygens (including phenoxy) is 1. The fraction of sp³-hybridized carbons (Fsp3) is 1.00. The Morgan fingerprint density at radius 1 is 1.28 bits per heavy atom. The van der Waals surface area contributed by atoms with Gasteiger partial charge in [-0.1, -0.05) is 25.7 Å². The van der Waals surface area contributed by atoms with Crippen molar-refractivity contribution in [1.82, 2.24) is 4.90 Å². The molecular weight excluding hydrogens is 224 g/mol. The van der Waals surface area contributed by atoms with Gasteiger partial charge in [-0.25, -0.2) is 0 Å². The topological polar surface area (TPSA) is 38.5 Å². The third-order valence-electron chi connectivity index (χ3n) is 4.72. The first kappa shape index (κ1) is 14.3. The van der Waals surface area contributed by atoms with Gasteiger partial charge in [0.15, 0.2) is 0 Å². The zero-order valence-electron chi connectivity index (χ0n) is 12.1. The molecular formula is C15H30N2O. The molecule has 1 saturated heterocycles. The molecule has 0 bridgehead atoms. The highest BCUT2D eigenvalue weighted by atomic mass is 16.5. The highest BCUT2D eigenvalue weighted by Gasteiger charge is 2.27. The van der Waals surface area contributed by atoms with E-state index in [2.05, 4.69) is 18.7 Å². The first-order valence-corrected chi connectivity index (χ1v) is 7.78. The third-order valence-corrected chi connectivity index (χ3v) is 4.72. The van der Waals surface area contributed by atoms with Gasteiger partial charge in [0.2, 0.25) is 0 Å². The number of nitrogens with two attached hydrogens (primary N) is 1. The molecule has 2 rings (SSSR count). The summed E-state index contributed by atoms with van der Waals surface area (Å²) >= 11 is 0. The van der Waals surface area contributed by atoms with Gasteiger partial charge in [-0.05, 0) is 32.6 Å². The van der Waals surface area contributed by atoms with E-state index in [1.165, 1.54) is 32.1 Å². The molecule has 106 valence electrons. The number of nitrogens with zero attached hydrogens (tertiary/aromatic N) is 1. The molecule has 1 aliphatic heterocycles. The van der Waals surface area contributed by atoms with E-state index in [1.54, 1.807) is 0 Å². The molecule has 3 heteroatoms. The highest BCUT2D eigenvalue weighted by Crippen LogP contribution is 2.29. The van der Waals surface area contributed by atoms with E-state index < -0.39 is 0 Å². The highest BCUT2D eigenvalue weighted by molar-refractivity contribution is 4.83. The lowest BCUT2D eigenvalue weighted by atomic mass is 9.96. The fourth-order valence-electron chi connectivity index (χ4n) is 3.34. The second kappa shape index (κ2) is 6.88. The Morgan fingerprint density at radius 3 is 2.67 bits per heavy atom. The van der Waals surface area contributed by atoms with Crippen molar-refractivity contribution in [2.75, 3.05) is 19.7 Å². The molecule has 1 aliphatic carbocycles. The Morgan fingerprint density at radius 2 is 2.00 bits per heavy atom. The van der Waals surface area contributed by atoms with Crippen LogP contribution in [0.25, 0.3) is 0 Å². The summed E-state index contributed by atoms with van der Waals surface area (Å²) in [6, 6.07) is 0.839. The van der Waals surface area contributed by atoms with Gasteiger partial charge >= 0.3 is 0 Å². The van der Waals surface area contributed by atoms with Crippen molar-refractivity contribution in [2.24, 2.45) is 11.7 Å². The first-order valence-electron chi connectivity index (χ1n) is 7.78. The molecule has 2 N–H and O–H groups in total. The monoisotopic (exact) mass is 254 g/mol. The molecule has 0 aromatic heterocycles. The van der Waals surface area contributed by atoms with Crippen molar-refractivity contribution in [1.29, 1.82) is 0 Å². The molecule has 2 atom stereocenters. The predicted octanol–water partition coefficient (Wildman–Crippen LogP) is 2.39. The van der Waals surface area contributed by atoms with Crippen molar-refractivity contribution < 1.29 is 4.74 Å². The SMILES string of the molecule is CC(C)N1CCOC(C(N)CCC2CCCC2)C1. The molecule has 2 aliphatic rings. The summed E-state index contributed by atoms with van der Waals surface area (Å²) in [7, 11) is 0. The van der Waals surface area contributed by atoms with Crippen molar-refractivity contribution >= 4 is 0 Å². The molecule has 0 radical (unpaired) electrons. The Bertz CT molecular complexity index is 239. The van der Waals surface area contributed by atoms with Crippen LogP contribution in [-0.4, -0.2) is 42.8 Å². The van der Waals surface area contributed by atoms with Crippen LogP contribution < -0.4 is 5.73 Å². The second-order valence-corrected chi connectivity index (χ2v) is 6.39. The lowest BCUT2D eigenvalue weighted by Crippen LogP contribution is -2.52. The molecule has 0 aromatic rings. The number of morpholine rings is 1. The van der Waals surface area contributed by atoms with Gasteiger partial charge in [-0.2, -0.15) is 0 Å². The summed E-state index contributed by atoms with van der Waals surface area (Å²) in [5, 5.41) is 0. The maximum absolute atomic E-state index is 6.34. The summed E-state index contributed by atoms with van der Waals surface area (Å²) in [5.41, 5.74) is 6.34. The lowest BCUT2D eigenvalue weighted by molar-refractivity contribution is -0.0513. The minimum atomic E-state index is 0.229. The molecule has 2 fully saturated rings. The van der Waals surface area contributed by atoms with Gasteiger partial charge in [0.1, 0.15) is 0 Å². The largest absolute Gasteiger partial charge is 0.374 e. The van der Waals surface area contributed by atoms with E-state index in [-0.39, 0.29) is 12.1 Å². The van der Waals surface area contributed by atoms with Crippen molar-refractivity contribution in [3.05, 3.63) is 0 Å². The third kappa shape index (κ3) is 3.94. The molecule has 18 heavy (non-hydrogen) atoms. The minimum Gasteiger partial charge on any atom is -0.374 e. The van der Waals surface area contributed by atoms with Gasteiger partial charge in [0, 0.05) is 25.2 Å². The summed E-state index contributed by atoms with van der Waals surface area (Å²) in [6.07, 6.45) is 8.42. The zero-order chi connectivity index (χ0) is 13.0. The molecule has 0 amide bonds. The number of hydrogen-bond acceptors (Lipinski definition) is 3. The maximum Gasteiger partial charge on any atom is 0.0853 e. The van der Waals surface area contributed by atoms with Crippen LogP contribution >= 0.6 is 0 Å². The van der Waals surface area contributed by atoms with E-state index in [9.17, 15) is 0 Å². The molecule has 1 saturated carbocycles. The fourth-order valence-corrected chi connectivity index (χ4v) is 3.34. The Balaban J connectivity index is 1.71. The Labute approximate surface area is 112 Å². The van der Waals surface area contributed by atoms with Crippen LogP contribution in [0, 0.1) is 5.92 Å². The predicted molar refractivity (Wildman–Crippen MR) is 75.6 cm³/mol. The summed E-state index contributed by atoms with van der Waals surface area (Å²) < 4.78 is 5.87. The van der Waals surface area contributed by atoms with Crippen LogP contribution in [0.4, 0.5) is 0 Å². The van der Waals surface area contributed by atoms with Gasteiger partial charge in [0.05, 0.1) is 12.7 Å². The Kier molecular flexibility index (Phi) is 5.46. The molecule has 3 nitrogen and oxygen atoms in total. The van der Waals surface area contributed by atoms with E-state index in [0.717, 1.165) is 32.0 Å². The molecule has 0 spiro atoms. The summed E-state index contributed by atoms with van der Waals surface area (Å²) in [6.45, 7) is 7.44. The van der Waals surface area contributed by atoms with Crippen molar-refractivity contribution in [3.63, 3.8) is 0 Å². The van der Waals surface area contributed by atoms with Crippen LogP contribution in [0.5, 0.6) is 0 Å². The molecule has 0 aromatic carbocycles. The lowest BCUT2D eigenvalue weighted by Gasteiger charge is -2.38. The second-order valence-electron chi connectivity index (χ2n) is 6.39. The minimum absolute atomic E-state index is 0.229. The van der Waals surface area contributed by atoms with E-state index >= 15 is 0 Å². The van der Waals surface area contributed by atoms with Crippen LogP contribution in [0.3, 0.4) is 0 Å². The van der Waals surface area contributed by atoms with Gasteiger partial charge in [0.25, 0.3) is 0 Å². The Hall–Kier alpha value is -0.120. The standard InChI is InChI=1S/C15H30N2O/c1-12(2)17-9-10-18-15(11-17)14(16)8-7-13-5-3-4-6-13/h12-15H,3-11,16H2,1-2H3. The molecule has 2 unspecified atom stereocenters. The van der Waals surface area contributed by atoms with Crippen LogP contribution in [-0.2, 0) is 4.74 Å². The van der Waals surface area contributed by atoms with Gasteiger partial charge < -0.3 is 10.5 Å². The molecule has 1 heterocycles. The average molecular weight is 254 g/mol. The van der Waals surface area contributed by atoms with Gasteiger partial charge in [-0.3, -0.25) is 4.90 Å². The van der Waals surface area contributed by atoms with E-state index in [4.69, 9.17) is 10.5 Å². The van der Waals surface area contributed by atoms with E-state index in [1.807, 2.05) is 0 Å². The smallest absolute Gasteiger partial charge is 0.0853 e. The normalized spacial score (nSPS) is 29.0. The zero-order valence-corrected chi connectivity index (χ0v) is 12.1. The summed E-state index contributed by atoms with van der Waals surface area (Å²) in [5.74, 6) is 0.945. The summed E-state index contributed by atoms with van der Waals surface area (Å²) in [4.78, 5) is 2.49. The van der Waals surface area contributed by atoms with Crippen LogP contribution in [0.1, 0.15) is 52.4 Å². The quantitative estimate of drug-likeness (QED) is 0.819. The first-order chi connectivity index (χ1) is 8.66. The average Bonchev–Trinajstić information content (AvgIpc) is 2.89. The van der Waals surface area contributed by atoms with E-state index in [0.29, 0.717) is 6.04 Å². The van der Waals surface area contributed by atoms with Crippen LogP contribution in [0.2, 0.25) is 0 Å². The van der Waals surface area contributed by atoms with Gasteiger partial charge in [-0.15, -0.1) is 0 Å².